The summed E-state index contributed by atoms with van der Waals surface area (Å²) in [5.74, 6) is 0.912. The van der Waals surface area contributed by atoms with E-state index in [0.717, 1.165) is 11.8 Å². The number of benzene rings is 1. The predicted octanol–water partition coefficient (Wildman–Crippen LogP) is 2.75. The van der Waals surface area contributed by atoms with E-state index in [2.05, 4.69) is 28.4 Å². The average molecular weight is 290 g/mol. The second-order valence-electron chi connectivity index (χ2n) is 6.07. The second kappa shape index (κ2) is 7.14. The molecule has 4 nitrogen and oxygen atoms in total. The molecule has 0 radical (unpaired) electrons. The molecule has 2 unspecified atom stereocenters. The van der Waals surface area contributed by atoms with Crippen molar-refractivity contribution in [2.75, 3.05) is 38.7 Å². The molecule has 0 bridgehead atoms. The normalized spacial score (nSPS) is 25.6. The molecule has 1 aromatic rings. The van der Waals surface area contributed by atoms with E-state index in [9.17, 15) is 0 Å². The summed E-state index contributed by atoms with van der Waals surface area (Å²) in [4.78, 5) is 2.66. The number of ether oxygens (including phenoxy) is 2. The van der Waals surface area contributed by atoms with E-state index >= 15 is 0 Å². The van der Waals surface area contributed by atoms with Crippen molar-refractivity contribution in [3.63, 3.8) is 0 Å². The topological polar surface area (TPSA) is 33.7 Å². The van der Waals surface area contributed by atoms with Crippen LogP contribution in [0.25, 0.3) is 0 Å². The Morgan fingerprint density at radius 3 is 3.10 bits per heavy atom. The minimum absolute atomic E-state index is 0.596. The smallest absolute Gasteiger partial charge is 0.121 e. The van der Waals surface area contributed by atoms with Crippen molar-refractivity contribution in [3.8, 4) is 5.75 Å². The molecule has 0 saturated carbocycles. The fraction of sp³-hybridized carbons (Fsp3) is 0.647. The summed E-state index contributed by atoms with van der Waals surface area (Å²) >= 11 is 0. The van der Waals surface area contributed by atoms with Crippen LogP contribution < -0.4 is 10.1 Å². The van der Waals surface area contributed by atoms with Crippen LogP contribution in [0.1, 0.15) is 25.7 Å². The molecule has 21 heavy (non-hydrogen) atoms. The van der Waals surface area contributed by atoms with Crippen LogP contribution >= 0.6 is 0 Å². The fourth-order valence-electron chi connectivity index (χ4n) is 3.51. The Balaban J connectivity index is 1.53. The van der Waals surface area contributed by atoms with Crippen molar-refractivity contribution in [1.82, 2.24) is 4.90 Å². The SMILES string of the molecule is COCCOc1cccc(NC2CCN3CCCC3C2)c1. The molecule has 3 rings (SSSR count). The van der Waals surface area contributed by atoms with E-state index < -0.39 is 0 Å². The van der Waals surface area contributed by atoms with Crippen LogP contribution in [-0.2, 0) is 4.74 Å². The number of anilines is 1. The van der Waals surface area contributed by atoms with Crippen LogP contribution in [0.15, 0.2) is 24.3 Å². The first-order chi connectivity index (χ1) is 10.3. The predicted molar refractivity (Wildman–Crippen MR) is 85.1 cm³/mol. The Hall–Kier alpha value is -1.26. The number of hydrogen-bond acceptors (Lipinski definition) is 4. The minimum Gasteiger partial charge on any atom is -0.491 e. The lowest BCUT2D eigenvalue weighted by molar-refractivity contribution is 0.146. The van der Waals surface area contributed by atoms with Gasteiger partial charge < -0.3 is 19.7 Å². The zero-order chi connectivity index (χ0) is 14.5. The van der Waals surface area contributed by atoms with Crippen LogP contribution in [0.5, 0.6) is 5.75 Å². The van der Waals surface area contributed by atoms with Gasteiger partial charge in [0, 0.05) is 37.5 Å². The van der Waals surface area contributed by atoms with Crippen LogP contribution in [0.3, 0.4) is 0 Å². The lowest BCUT2D eigenvalue weighted by atomic mass is 9.97. The molecule has 0 aromatic heterocycles. The summed E-state index contributed by atoms with van der Waals surface area (Å²) in [6.07, 6.45) is 5.26. The fourth-order valence-corrected chi connectivity index (χ4v) is 3.51. The molecule has 2 heterocycles. The number of nitrogens with zero attached hydrogens (tertiary/aromatic N) is 1. The molecule has 4 heteroatoms. The zero-order valence-corrected chi connectivity index (χ0v) is 12.9. The van der Waals surface area contributed by atoms with E-state index in [0.29, 0.717) is 19.3 Å². The summed E-state index contributed by atoms with van der Waals surface area (Å²) < 4.78 is 10.7. The summed E-state index contributed by atoms with van der Waals surface area (Å²) in [6.45, 7) is 3.77. The highest BCUT2D eigenvalue weighted by Gasteiger charge is 2.31. The number of hydrogen-bond donors (Lipinski definition) is 1. The summed E-state index contributed by atoms with van der Waals surface area (Å²) in [6, 6.07) is 9.67. The molecular weight excluding hydrogens is 264 g/mol. The third-order valence-corrected chi connectivity index (χ3v) is 4.58. The van der Waals surface area contributed by atoms with Gasteiger partial charge in [0.05, 0.1) is 6.61 Å². The van der Waals surface area contributed by atoms with Crippen LogP contribution in [-0.4, -0.2) is 50.4 Å². The van der Waals surface area contributed by atoms with Crippen molar-refractivity contribution >= 4 is 5.69 Å². The zero-order valence-electron chi connectivity index (χ0n) is 12.9. The highest BCUT2D eigenvalue weighted by molar-refractivity contribution is 5.49. The molecule has 2 fully saturated rings. The van der Waals surface area contributed by atoms with Gasteiger partial charge in [0.2, 0.25) is 0 Å². The molecular formula is C17H26N2O2. The van der Waals surface area contributed by atoms with E-state index in [1.165, 1.54) is 44.5 Å². The minimum atomic E-state index is 0.596. The third-order valence-electron chi connectivity index (χ3n) is 4.58. The van der Waals surface area contributed by atoms with Gasteiger partial charge in [-0.15, -0.1) is 0 Å². The van der Waals surface area contributed by atoms with Gasteiger partial charge in [-0.3, -0.25) is 0 Å². The largest absolute Gasteiger partial charge is 0.491 e. The Labute approximate surface area is 127 Å². The first-order valence-electron chi connectivity index (χ1n) is 8.07. The van der Waals surface area contributed by atoms with E-state index in [-0.39, 0.29) is 0 Å². The first kappa shape index (κ1) is 14.7. The molecule has 1 N–H and O–H groups in total. The van der Waals surface area contributed by atoms with Gasteiger partial charge in [0.1, 0.15) is 12.4 Å². The Bertz CT molecular complexity index is 452. The lowest BCUT2D eigenvalue weighted by Gasteiger charge is -2.35. The van der Waals surface area contributed by atoms with Crippen LogP contribution in [0.2, 0.25) is 0 Å². The lowest BCUT2D eigenvalue weighted by Crippen LogP contribution is -2.42. The maximum Gasteiger partial charge on any atom is 0.121 e. The Morgan fingerprint density at radius 2 is 2.19 bits per heavy atom. The maximum absolute atomic E-state index is 5.67. The number of rotatable bonds is 6. The summed E-state index contributed by atoms with van der Waals surface area (Å²) in [7, 11) is 1.69. The van der Waals surface area contributed by atoms with Gasteiger partial charge in [-0.2, -0.15) is 0 Å². The molecule has 2 aliphatic heterocycles. The van der Waals surface area contributed by atoms with Crippen LogP contribution in [0.4, 0.5) is 5.69 Å². The molecule has 0 amide bonds. The van der Waals surface area contributed by atoms with Gasteiger partial charge >= 0.3 is 0 Å². The van der Waals surface area contributed by atoms with Crippen molar-refractivity contribution < 1.29 is 9.47 Å². The molecule has 2 saturated heterocycles. The van der Waals surface area contributed by atoms with Gasteiger partial charge in [0.25, 0.3) is 0 Å². The van der Waals surface area contributed by atoms with Crippen molar-refractivity contribution in [1.29, 1.82) is 0 Å². The molecule has 2 atom stereocenters. The first-order valence-corrected chi connectivity index (χ1v) is 8.07. The molecule has 0 spiro atoms. The van der Waals surface area contributed by atoms with Crippen molar-refractivity contribution in [3.05, 3.63) is 24.3 Å². The van der Waals surface area contributed by atoms with Gasteiger partial charge in [-0.25, -0.2) is 0 Å². The van der Waals surface area contributed by atoms with Crippen LogP contribution in [0, 0.1) is 0 Å². The van der Waals surface area contributed by atoms with Crippen molar-refractivity contribution in [2.45, 2.75) is 37.8 Å². The second-order valence-corrected chi connectivity index (χ2v) is 6.07. The van der Waals surface area contributed by atoms with E-state index in [1.807, 2.05) is 6.07 Å². The Kier molecular flexibility index (Phi) is 4.99. The highest BCUT2D eigenvalue weighted by atomic mass is 16.5. The van der Waals surface area contributed by atoms with Crippen molar-refractivity contribution in [2.24, 2.45) is 0 Å². The highest BCUT2D eigenvalue weighted by Crippen LogP contribution is 2.29. The van der Waals surface area contributed by atoms with E-state index in [4.69, 9.17) is 9.47 Å². The Morgan fingerprint density at radius 1 is 1.24 bits per heavy atom. The third kappa shape index (κ3) is 3.89. The maximum atomic E-state index is 5.67. The standard InChI is InChI=1S/C17H26N2O2/c1-20-10-11-21-17-6-2-4-14(13-17)18-15-7-9-19-8-3-5-16(19)12-15/h2,4,6,13,15-16,18H,3,5,7-12H2,1H3. The summed E-state index contributed by atoms with van der Waals surface area (Å²) in [5, 5.41) is 3.69. The monoisotopic (exact) mass is 290 g/mol. The molecule has 116 valence electrons. The van der Waals surface area contributed by atoms with Gasteiger partial charge in [0.15, 0.2) is 0 Å². The van der Waals surface area contributed by atoms with Gasteiger partial charge in [-0.05, 0) is 44.4 Å². The quantitative estimate of drug-likeness (QED) is 0.817. The number of nitrogens with one attached hydrogen (secondary N) is 1. The number of methoxy groups -OCH3 is 1. The number of fused-ring (bicyclic) bond motifs is 1. The summed E-state index contributed by atoms with van der Waals surface area (Å²) in [5.41, 5.74) is 1.17. The average Bonchev–Trinajstić information content (AvgIpc) is 2.95. The van der Waals surface area contributed by atoms with Gasteiger partial charge in [-0.1, -0.05) is 6.07 Å². The molecule has 1 aromatic carbocycles. The number of piperidine rings is 1. The molecule has 0 aliphatic carbocycles. The molecule has 2 aliphatic rings. The van der Waals surface area contributed by atoms with E-state index in [1.54, 1.807) is 7.11 Å².